The SMILES string of the molecule is Cc1ccc(OCNC(=O)NCC2CCCO2)c(C(C)(C)C)c1. The first kappa shape index (κ1) is 17.6. The molecule has 5 heteroatoms. The lowest BCUT2D eigenvalue weighted by Gasteiger charge is -2.23. The third-order valence-electron chi connectivity index (χ3n) is 3.92. The maximum atomic E-state index is 11.8. The van der Waals surface area contributed by atoms with Crippen LogP contribution in [-0.4, -0.2) is 32.0 Å². The number of hydrogen-bond donors (Lipinski definition) is 2. The molecule has 1 heterocycles. The van der Waals surface area contributed by atoms with E-state index in [0.717, 1.165) is 30.8 Å². The van der Waals surface area contributed by atoms with Crippen LogP contribution in [-0.2, 0) is 10.2 Å². The first-order chi connectivity index (χ1) is 10.9. The van der Waals surface area contributed by atoms with Gasteiger partial charge in [-0.2, -0.15) is 0 Å². The summed E-state index contributed by atoms with van der Waals surface area (Å²) in [6, 6.07) is 5.88. The summed E-state index contributed by atoms with van der Waals surface area (Å²) >= 11 is 0. The van der Waals surface area contributed by atoms with E-state index in [9.17, 15) is 4.79 Å². The smallest absolute Gasteiger partial charge is 0.317 e. The summed E-state index contributed by atoms with van der Waals surface area (Å²) in [5.41, 5.74) is 2.33. The van der Waals surface area contributed by atoms with Gasteiger partial charge in [-0.1, -0.05) is 38.5 Å². The molecule has 1 aromatic rings. The number of carbonyl (C=O) groups excluding carboxylic acids is 1. The number of urea groups is 1. The predicted octanol–water partition coefficient (Wildman–Crippen LogP) is 3.11. The van der Waals surface area contributed by atoms with E-state index in [0.29, 0.717) is 6.54 Å². The molecule has 0 bridgehead atoms. The zero-order chi connectivity index (χ0) is 16.9. The van der Waals surface area contributed by atoms with Gasteiger partial charge in [-0.3, -0.25) is 0 Å². The molecule has 2 rings (SSSR count). The minimum absolute atomic E-state index is 0.0105. The highest BCUT2D eigenvalue weighted by atomic mass is 16.5. The second kappa shape index (κ2) is 7.68. The first-order valence-corrected chi connectivity index (χ1v) is 8.23. The summed E-state index contributed by atoms with van der Waals surface area (Å²) < 4.78 is 11.2. The molecule has 0 saturated carbocycles. The number of benzene rings is 1. The van der Waals surface area contributed by atoms with Gasteiger partial charge in [0.1, 0.15) is 5.75 Å². The van der Waals surface area contributed by atoms with Crippen molar-refractivity contribution < 1.29 is 14.3 Å². The molecule has 0 aromatic heterocycles. The van der Waals surface area contributed by atoms with E-state index in [-0.39, 0.29) is 24.3 Å². The topological polar surface area (TPSA) is 59.6 Å². The van der Waals surface area contributed by atoms with Crippen molar-refractivity contribution in [3.8, 4) is 5.75 Å². The van der Waals surface area contributed by atoms with Crippen LogP contribution in [0.2, 0.25) is 0 Å². The number of hydrogen-bond acceptors (Lipinski definition) is 3. The van der Waals surface area contributed by atoms with Gasteiger partial charge in [0.05, 0.1) is 6.10 Å². The Morgan fingerprint density at radius 2 is 2.13 bits per heavy atom. The molecule has 2 N–H and O–H groups in total. The van der Waals surface area contributed by atoms with Gasteiger partial charge in [-0.15, -0.1) is 0 Å². The van der Waals surface area contributed by atoms with Crippen molar-refractivity contribution in [2.75, 3.05) is 19.9 Å². The van der Waals surface area contributed by atoms with Gasteiger partial charge in [0, 0.05) is 13.2 Å². The third-order valence-corrected chi connectivity index (χ3v) is 3.92. The van der Waals surface area contributed by atoms with Gasteiger partial charge in [0.15, 0.2) is 6.73 Å². The maximum absolute atomic E-state index is 11.8. The Balaban J connectivity index is 1.80. The molecule has 1 aliphatic rings. The zero-order valence-electron chi connectivity index (χ0n) is 14.6. The van der Waals surface area contributed by atoms with E-state index in [1.54, 1.807) is 0 Å². The van der Waals surface area contributed by atoms with Crippen molar-refractivity contribution in [3.05, 3.63) is 29.3 Å². The van der Waals surface area contributed by atoms with Crippen LogP contribution in [0.5, 0.6) is 5.75 Å². The molecule has 1 unspecified atom stereocenters. The maximum Gasteiger partial charge on any atom is 0.317 e. The highest BCUT2D eigenvalue weighted by molar-refractivity contribution is 5.73. The molecule has 1 atom stereocenters. The van der Waals surface area contributed by atoms with Crippen LogP contribution in [0.1, 0.15) is 44.7 Å². The lowest BCUT2D eigenvalue weighted by molar-refractivity contribution is 0.111. The number of ether oxygens (including phenoxy) is 2. The molecule has 128 valence electrons. The van der Waals surface area contributed by atoms with Crippen LogP contribution in [0.3, 0.4) is 0 Å². The van der Waals surface area contributed by atoms with Gasteiger partial charge < -0.3 is 20.1 Å². The summed E-state index contributed by atoms with van der Waals surface area (Å²) in [6.07, 6.45) is 2.22. The van der Waals surface area contributed by atoms with Crippen molar-refractivity contribution in [2.24, 2.45) is 0 Å². The quantitative estimate of drug-likeness (QED) is 0.820. The standard InChI is InChI=1S/C18H28N2O3/c1-13-7-8-16(15(10-13)18(2,3)4)23-12-20-17(21)19-11-14-6-5-9-22-14/h7-8,10,14H,5-6,9,11-12H2,1-4H3,(H2,19,20,21). The Morgan fingerprint density at radius 1 is 1.35 bits per heavy atom. The average Bonchev–Trinajstić information content (AvgIpc) is 2.99. The van der Waals surface area contributed by atoms with E-state index in [1.807, 2.05) is 12.1 Å². The minimum atomic E-state index is -0.232. The highest BCUT2D eigenvalue weighted by Crippen LogP contribution is 2.31. The fourth-order valence-corrected chi connectivity index (χ4v) is 2.61. The second-order valence-electron chi connectivity index (χ2n) is 7.06. The zero-order valence-corrected chi connectivity index (χ0v) is 14.6. The lowest BCUT2D eigenvalue weighted by Crippen LogP contribution is -2.41. The van der Waals surface area contributed by atoms with Crippen LogP contribution < -0.4 is 15.4 Å². The van der Waals surface area contributed by atoms with E-state index < -0.39 is 0 Å². The van der Waals surface area contributed by atoms with Crippen LogP contribution in [0.15, 0.2) is 18.2 Å². The molecular weight excluding hydrogens is 292 g/mol. The molecule has 23 heavy (non-hydrogen) atoms. The number of rotatable bonds is 5. The van der Waals surface area contributed by atoms with Crippen molar-refractivity contribution >= 4 is 6.03 Å². The lowest BCUT2D eigenvalue weighted by atomic mass is 9.85. The molecule has 1 aliphatic heterocycles. The number of nitrogens with one attached hydrogen (secondary N) is 2. The van der Waals surface area contributed by atoms with E-state index in [2.05, 4.69) is 44.4 Å². The largest absolute Gasteiger partial charge is 0.473 e. The Hall–Kier alpha value is -1.75. The molecule has 0 aliphatic carbocycles. The van der Waals surface area contributed by atoms with Crippen LogP contribution in [0, 0.1) is 6.92 Å². The molecule has 1 fully saturated rings. The van der Waals surface area contributed by atoms with Gasteiger partial charge in [0.25, 0.3) is 0 Å². The van der Waals surface area contributed by atoms with Crippen molar-refractivity contribution in [3.63, 3.8) is 0 Å². The second-order valence-corrected chi connectivity index (χ2v) is 7.06. The third kappa shape index (κ3) is 5.43. The summed E-state index contributed by atoms with van der Waals surface area (Å²) in [5, 5.41) is 5.53. The first-order valence-electron chi connectivity index (χ1n) is 8.23. The Morgan fingerprint density at radius 3 is 2.78 bits per heavy atom. The number of amides is 2. The van der Waals surface area contributed by atoms with Crippen molar-refractivity contribution in [2.45, 2.75) is 52.1 Å². The minimum Gasteiger partial charge on any atom is -0.473 e. The van der Waals surface area contributed by atoms with Gasteiger partial charge in [-0.05, 0) is 36.8 Å². The molecule has 2 amide bonds. The molecule has 5 nitrogen and oxygen atoms in total. The summed E-state index contributed by atoms with van der Waals surface area (Å²) in [5.74, 6) is 0.808. The normalized spacial score (nSPS) is 17.8. The predicted molar refractivity (Wildman–Crippen MR) is 90.9 cm³/mol. The molecule has 1 aromatic carbocycles. The van der Waals surface area contributed by atoms with E-state index in [1.165, 1.54) is 5.56 Å². The van der Waals surface area contributed by atoms with Crippen molar-refractivity contribution in [1.82, 2.24) is 10.6 Å². The Kier molecular flexibility index (Phi) is 5.88. The van der Waals surface area contributed by atoms with Gasteiger partial charge in [-0.25, -0.2) is 4.79 Å². The average molecular weight is 320 g/mol. The highest BCUT2D eigenvalue weighted by Gasteiger charge is 2.19. The summed E-state index contributed by atoms with van der Waals surface area (Å²) in [4.78, 5) is 11.8. The fraction of sp³-hybridized carbons (Fsp3) is 0.611. The summed E-state index contributed by atoms with van der Waals surface area (Å²) in [6.45, 7) is 9.99. The monoisotopic (exact) mass is 320 g/mol. The van der Waals surface area contributed by atoms with Gasteiger partial charge in [0.2, 0.25) is 0 Å². The van der Waals surface area contributed by atoms with Gasteiger partial charge >= 0.3 is 6.03 Å². The van der Waals surface area contributed by atoms with E-state index >= 15 is 0 Å². The number of carbonyl (C=O) groups is 1. The van der Waals surface area contributed by atoms with Crippen LogP contribution in [0.4, 0.5) is 4.79 Å². The molecular formula is C18H28N2O3. The van der Waals surface area contributed by atoms with Crippen LogP contribution in [0.25, 0.3) is 0 Å². The molecule has 0 radical (unpaired) electrons. The Bertz CT molecular complexity index is 532. The number of aryl methyl sites for hydroxylation is 1. The summed E-state index contributed by atoms with van der Waals surface area (Å²) in [7, 11) is 0. The Labute approximate surface area is 138 Å². The molecule has 0 spiro atoms. The fourth-order valence-electron chi connectivity index (χ4n) is 2.61. The van der Waals surface area contributed by atoms with E-state index in [4.69, 9.17) is 9.47 Å². The van der Waals surface area contributed by atoms with Crippen molar-refractivity contribution in [1.29, 1.82) is 0 Å². The molecule has 1 saturated heterocycles. The van der Waals surface area contributed by atoms with Crippen LogP contribution >= 0.6 is 0 Å².